The van der Waals surface area contributed by atoms with Crippen LogP contribution in [-0.2, 0) is 4.79 Å². The Bertz CT molecular complexity index is 473. The van der Waals surface area contributed by atoms with Gasteiger partial charge in [0.15, 0.2) is 0 Å². The van der Waals surface area contributed by atoms with Crippen LogP contribution in [0.4, 0.5) is 10.5 Å². The molecule has 3 N–H and O–H groups in total. The van der Waals surface area contributed by atoms with Crippen LogP contribution in [0.5, 0.6) is 5.75 Å². The van der Waals surface area contributed by atoms with Crippen molar-refractivity contribution in [1.82, 2.24) is 5.32 Å². The third kappa shape index (κ3) is 5.33. The molecule has 1 rings (SSSR count). The zero-order chi connectivity index (χ0) is 15.8. The number of rotatable bonds is 7. The van der Waals surface area contributed by atoms with E-state index in [1.807, 2.05) is 13.8 Å². The van der Waals surface area contributed by atoms with E-state index in [0.29, 0.717) is 24.5 Å². The molecular formula is C15H22N2O4. The lowest BCUT2D eigenvalue weighted by Gasteiger charge is -2.20. The average Bonchev–Trinajstić information content (AvgIpc) is 2.46. The summed E-state index contributed by atoms with van der Waals surface area (Å²) in [4.78, 5) is 23.0. The molecule has 1 aromatic carbocycles. The lowest BCUT2D eigenvalue weighted by Crippen LogP contribution is -2.46. The number of carbonyl (C=O) groups is 2. The van der Waals surface area contributed by atoms with Gasteiger partial charge in [-0.25, -0.2) is 9.59 Å². The highest BCUT2D eigenvalue weighted by atomic mass is 16.5. The molecule has 1 aromatic rings. The molecule has 0 saturated heterocycles. The van der Waals surface area contributed by atoms with Crippen LogP contribution < -0.4 is 15.4 Å². The van der Waals surface area contributed by atoms with Gasteiger partial charge in [-0.3, -0.25) is 0 Å². The van der Waals surface area contributed by atoms with Crippen LogP contribution in [0.15, 0.2) is 24.3 Å². The van der Waals surface area contributed by atoms with E-state index in [-0.39, 0.29) is 5.92 Å². The van der Waals surface area contributed by atoms with Crippen molar-refractivity contribution in [2.45, 2.75) is 33.2 Å². The molecule has 0 aliphatic rings. The quantitative estimate of drug-likeness (QED) is 0.721. The van der Waals surface area contributed by atoms with Gasteiger partial charge in [-0.1, -0.05) is 20.3 Å². The molecule has 0 aliphatic heterocycles. The third-order valence-corrected chi connectivity index (χ3v) is 3.19. The Morgan fingerprint density at radius 2 is 1.86 bits per heavy atom. The summed E-state index contributed by atoms with van der Waals surface area (Å²) in [6.07, 6.45) is 0.667. The molecule has 0 radical (unpaired) electrons. The lowest BCUT2D eigenvalue weighted by atomic mass is 9.99. The normalized spacial score (nSPS) is 13.1. The van der Waals surface area contributed by atoms with E-state index in [4.69, 9.17) is 9.84 Å². The predicted molar refractivity (Wildman–Crippen MR) is 80.6 cm³/mol. The molecule has 6 nitrogen and oxygen atoms in total. The maximum absolute atomic E-state index is 11.8. The Kier molecular flexibility index (Phi) is 6.52. The van der Waals surface area contributed by atoms with Gasteiger partial charge in [0, 0.05) is 5.69 Å². The van der Waals surface area contributed by atoms with Gasteiger partial charge in [0.1, 0.15) is 11.8 Å². The molecule has 0 saturated carbocycles. The Labute approximate surface area is 124 Å². The Morgan fingerprint density at radius 3 is 2.33 bits per heavy atom. The maximum atomic E-state index is 11.8. The number of hydrogen-bond acceptors (Lipinski definition) is 3. The van der Waals surface area contributed by atoms with Gasteiger partial charge < -0.3 is 20.5 Å². The van der Waals surface area contributed by atoms with E-state index in [9.17, 15) is 9.59 Å². The van der Waals surface area contributed by atoms with Crippen LogP contribution in [0.1, 0.15) is 27.2 Å². The standard InChI is InChI=1S/C15H22N2O4/c1-4-10(3)13(14(18)19)17-15(20)16-11-6-8-12(9-7-11)21-5-2/h6-10,13H,4-5H2,1-3H3,(H,18,19)(H2,16,17,20)/t10-,13-/m0/s1. The van der Waals surface area contributed by atoms with E-state index < -0.39 is 18.0 Å². The number of carbonyl (C=O) groups excluding carboxylic acids is 1. The van der Waals surface area contributed by atoms with Gasteiger partial charge in [-0.05, 0) is 37.1 Å². The van der Waals surface area contributed by atoms with Crippen LogP contribution in [0, 0.1) is 5.92 Å². The average molecular weight is 294 g/mol. The number of amides is 2. The number of carboxylic acids is 1. The smallest absolute Gasteiger partial charge is 0.326 e. The summed E-state index contributed by atoms with van der Waals surface area (Å²) in [7, 11) is 0. The second-order valence-electron chi connectivity index (χ2n) is 4.76. The molecule has 2 atom stereocenters. The summed E-state index contributed by atoms with van der Waals surface area (Å²) < 4.78 is 5.30. The number of benzene rings is 1. The molecule has 0 unspecified atom stereocenters. The molecular weight excluding hydrogens is 272 g/mol. The predicted octanol–water partition coefficient (Wildman–Crippen LogP) is 2.71. The summed E-state index contributed by atoms with van der Waals surface area (Å²) in [6, 6.07) is 5.43. The molecule has 116 valence electrons. The number of hydrogen-bond donors (Lipinski definition) is 3. The number of carboxylic acid groups (broad SMARTS) is 1. The Morgan fingerprint density at radius 1 is 1.24 bits per heavy atom. The van der Waals surface area contributed by atoms with E-state index in [1.54, 1.807) is 31.2 Å². The van der Waals surface area contributed by atoms with Crippen molar-refractivity contribution in [2.75, 3.05) is 11.9 Å². The third-order valence-electron chi connectivity index (χ3n) is 3.19. The zero-order valence-electron chi connectivity index (χ0n) is 12.6. The largest absolute Gasteiger partial charge is 0.494 e. The summed E-state index contributed by atoms with van der Waals surface area (Å²) >= 11 is 0. The fourth-order valence-electron chi connectivity index (χ4n) is 1.79. The van der Waals surface area contributed by atoms with Crippen LogP contribution in [0.2, 0.25) is 0 Å². The molecule has 0 heterocycles. The van der Waals surface area contributed by atoms with Crippen LogP contribution >= 0.6 is 0 Å². The van der Waals surface area contributed by atoms with Gasteiger partial charge in [0.25, 0.3) is 0 Å². The van der Waals surface area contributed by atoms with Crippen molar-refractivity contribution in [3.63, 3.8) is 0 Å². The van der Waals surface area contributed by atoms with Crippen molar-refractivity contribution >= 4 is 17.7 Å². The summed E-state index contributed by atoms with van der Waals surface area (Å²) in [5.74, 6) is -0.466. The number of nitrogens with one attached hydrogen (secondary N) is 2. The van der Waals surface area contributed by atoms with Gasteiger partial charge in [0.2, 0.25) is 0 Å². The topological polar surface area (TPSA) is 87.7 Å². The van der Waals surface area contributed by atoms with Gasteiger partial charge in [-0.15, -0.1) is 0 Å². The molecule has 0 aromatic heterocycles. The van der Waals surface area contributed by atoms with Crippen LogP contribution in [0.3, 0.4) is 0 Å². The minimum absolute atomic E-state index is 0.145. The van der Waals surface area contributed by atoms with E-state index >= 15 is 0 Å². The molecule has 6 heteroatoms. The second-order valence-corrected chi connectivity index (χ2v) is 4.76. The fourth-order valence-corrected chi connectivity index (χ4v) is 1.79. The summed E-state index contributed by atoms with van der Waals surface area (Å²) in [5.41, 5.74) is 0.573. The minimum atomic E-state index is -1.04. The molecule has 0 fully saturated rings. The Hall–Kier alpha value is -2.24. The van der Waals surface area contributed by atoms with Gasteiger partial charge in [0.05, 0.1) is 6.61 Å². The molecule has 0 aliphatic carbocycles. The number of urea groups is 1. The molecule has 0 spiro atoms. The molecule has 0 bridgehead atoms. The molecule has 21 heavy (non-hydrogen) atoms. The highest BCUT2D eigenvalue weighted by Gasteiger charge is 2.25. The number of aliphatic carboxylic acids is 1. The second kappa shape index (κ2) is 8.14. The first-order valence-electron chi connectivity index (χ1n) is 7.01. The van der Waals surface area contributed by atoms with Crippen molar-refractivity contribution in [1.29, 1.82) is 0 Å². The summed E-state index contributed by atoms with van der Waals surface area (Å²) in [5, 5.41) is 14.2. The highest BCUT2D eigenvalue weighted by molar-refractivity contribution is 5.92. The lowest BCUT2D eigenvalue weighted by molar-refractivity contribution is -0.140. The van der Waals surface area contributed by atoms with Crippen molar-refractivity contribution in [3.8, 4) is 5.75 Å². The van der Waals surface area contributed by atoms with Gasteiger partial charge >= 0.3 is 12.0 Å². The van der Waals surface area contributed by atoms with Crippen molar-refractivity contribution < 1.29 is 19.4 Å². The molecule has 2 amide bonds. The fraction of sp³-hybridized carbons (Fsp3) is 0.467. The summed E-state index contributed by atoms with van der Waals surface area (Å²) in [6.45, 7) is 6.13. The number of anilines is 1. The minimum Gasteiger partial charge on any atom is -0.494 e. The Balaban J connectivity index is 2.61. The van der Waals surface area contributed by atoms with E-state index in [2.05, 4.69) is 10.6 Å². The SMILES string of the molecule is CCOc1ccc(NC(=O)N[C@H](C(=O)O)[C@@H](C)CC)cc1. The zero-order valence-corrected chi connectivity index (χ0v) is 12.6. The van der Waals surface area contributed by atoms with Crippen LogP contribution in [-0.4, -0.2) is 29.8 Å². The van der Waals surface area contributed by atoms with Crippen molar-refractivity contribution in [3.05, 3.63) is 24.3 Å². The van der Waals surface area contributed by atoms with Gasteiger partial charge in [-0.2, -0.15) is 0 Å². The van der Waals surface area contributed by atoms with E-state index in [1.165, 1.54) is 0 Å². The highest BCUT2D eigenvalue weighted by Crippen LogP contribution is 2.15. The maximum Gasteiger partial charge on any atom is 0.326 e. The first-order chi connectivity index (χ1) is 9.97. The van der Waals surface area contributed by atoms with Crippen LogP contribution in [0.25, 0.3) is 0 Å². The van der Waals surface area contributed by atoms with E-state index in [0.717, 1.165) is 0 Å². The van der Waals surface area contributed by atoms with Crippen molar-refractivity contribution in [2.24, 2.45) is 5.92 Å². The first kappa shape index (κ1) is 16.8. The number of ether oxygens (including phenoxy) is 1. The monoisotopic (exact) mass is 294 g/mol. The first-order valence-corrected chi connectivity index (χ1v) is 7.01.